The fourth-order valence-corrected chi connectivity index (χ4v) is 4.54. The van der Waals surface area contributed by atoms with Crippen LogP contribution in [0.4, 0.5) is 0 Å². The summed E-state index contributed by atoms with van der Waals surface area (Å²) in [5.74, 6) is 1.30. The molecule has 0 bridgehead atoms. The molecule has 0 radical (unpaired) electrons. The molecule has 4 rings (SSSR count). The quantitative estimate of drug-likeness (QED) is 0.591. The molecule has 6 nitrogen and oxygen atoms in total. The van der Waals surface area contributed by atoms with E-state index in [1.807, 2.05) is 19.1 Å². The summed E-state index contributed by atoms with van der Waals surface area (Å²) in [4.78, 5) is 15.4. The Balaban J connectivity index is 1.85. The van der Waals surface area contributed by atoms with Crippen molar-refractivity contribution in [3.05, 3.63) is 51.9 Å². The minimum Gasteiger partial charge on any atom is -0.507 e. The van der Waals surface area contributed by atoms with Gasteiger partial charge in [0.05, 0.1) is 25.3 Å². The molecule has 0 unspecified atom stereocenters. The predicted molar refractivity (Wildman–Crippen MR) is 121 cm³/mol. The van der Waals surface area contributed by atoms with E-state index in [1.165, 1.54) is 6.42 Å². The van der Waals surface area contributed by atoms with E-state index in [2.05, 4.69) is 11.8 Å². The largest absolute Gasteiger partial charge is 0.507 e. The highest BCUT2D eigenvalue weighted by atomic mass is 16.5. The van der Waals surface area contributed by atoms with Crippen LogP contribution in [0, 0.1) is 6.92 Å². The molecule has 2 heterocycles. The third kappa shape index (κ3) is 3.88. The van der Waals surface area contributed by atoms with E-state index in [-0.39, 0.29) is 5.75 Å². The minimum absolute atomic E-state index is 0.159. The first-order valence-electron chi connectivity index (χ1n) is 10.7. The fourth-order valence-electron chi connectivity index (χ4n) is 4.54. The number of methoxy groups -OCH3 is 2. The van der Waals surface area contributed by atoms with Crippen LogP contribution in [0.15, 0.2) is 39.5 Å². The summed E-state index contributed by atoms with van der Waals surface area (Å²) in [5, 5.41) is 11.4. The summed E-state index contributed by atoms with van der Waals surface area (Å²) >= 11 is 0. The Morgan fingerprint density at radius 2 is 1.90 bits per heavy atom. The van der Waals surface area contributed by atoms with E-state index in [4.69, 9.17) is 13.9 Å². The summed E-state index contributed by atoms with van der Waals surface area (Å²) in [6, 6.07) is 9.32. The van der Waals surface area contributed by atoms with Gasteiger partial charge in [0, 0.05) is 18.0 Å². The van der Waals surface area contributed by atoms with Crippen LogP contribution in [0.3, 0.4) is 0 Å². The molecule has 0 amide bonds. The van der Waals surface area contributed by atoms with Gasteiger partial charge >= 0.3 is 5.63 Å². The first-order valence-corrected chi connectivity index (χ1v) is 10.7. The van der Waals surface area contributed by atoms with E-state index in [9.17, 15) is 9.90 Å². The van der Waals surface area contributed by atoms with Crippen molar-refractivity contribution in [2.75, 3.05) is 20.8 Å². The maximum Gasteiger partial charge on any atom is 0.344 e. The number of benzene rings is 2. The molecule has 6 heteroatoms. The lowest BCUT2D eigenvalue weighted by molar-refractivity contribution is 0.151. The maximum absolute atomic E-state index is 13.1. The number of fused-ring (bicyclic) bond motifs is 1. The van der Waals surface area contributed by atoms with Crippen LogP contribution < -0.4 is 15.1 Å². The first-order chi connectivity index (χ1) is 14.9. The smallest absolute Gasteiger partial charge is 0.344 e. The number of nitrogens with zero attached hydrogens (tertiary/aromatic N) is 1. The van der Waals surface area contributed by atoms with Gasteiger partial charge in [-0.15, -0.1) is 0 Å². The van der Waals surface area contributed by atoms with Crippen molar-refractivity contribution >= 4 is 11.0 Å². The molecule has 1 aliphatic heterocycles. The highest BCUT2D eigenvalue weighted by Crippen LogP contribution is 2.36. The Morgan fingerprint density at radius 1 is 1.13 bits per heavy atom. The SMILES string of the molecule is COc1ccc(-c2c(C)c3ccc(O)c(CN4CCCC[C@H]4C)c3oc2=O)cc1OC. The summed E-state index contributed by atoms with van der Waals surface area (Å²) in [6.45, 7) is 5.65. The van der Waals surface area contributed by atoms with Gasteiger partial charge in [0.2, 0.25) is 0 Å². The van der Waals surface area contributed by atoms with Gasteiger partial charge in [-0.1, -0.05) is 12.5 Å². The van der Waals surface area contributed by atoms with Crippen LogP contribution in [0.25, 0.3) is 22.1 Å². The number of ether oxygens (including phenoxy) is 2. The Morgan fingerprint density at radius 3 is 2.61 bits per heavy atom. The van der Waals surface area contributed by atoms with Gasteiger partial charge in [0.25, 0.3) is 0 Å². The third-order valence-corrected chi connectivity index (χ3v) is 6.39. The lowest BCUT2D eigenvalue weighted by Gasteiger charge is -2.33. The van der Waals surface area contributed by atoms with E-state index >= 15 is 0 Å². The van der Waals surface area contributed by atoms with Crippen LogP contribution in [-0.2, 0) is 6.54 Å². The van der Waals surface area contributed by atoms with Crippen molar-refractivity contribution in [2.45, 2.75) is 45.7 Å². The molecule has 164 valence electrons. The zero-order valence-corrected chi connectivity index (χ0v) is 18.5. The van der Waals surface area contributed by atoms with Crippen molar-refractivity contribution in [2.24, 2.45) is 0 Å². The lowest BCUT2D eigenvalue weighted by atomic mass is 9.96. The van der Waals surface area contributed by atoms with Gasteiger partial charge in [-0.25, -0.2) is 4.79 Å². The molecule has 2 aromatic carbocycles. The lowest BCUT2D eigenvalue weighted by Crippen LogP contribution is -2.36. The number of aryl methyl sites for hydroxylation is 1. The highest BCUT2D eigenvalue weighted by Gasteiger charge is 2.23. The third-order valence-electron chi connectivity index (χ3n) is 6.39. The van der Waals surface area contributed by atoms with Crippen molar-refractivity contribution in [3.8, 4) is 28.4 Å². The molecule has 0 aliphatic carbocycles. The molecule has 1 saturated heterocycles. The van der Waals surface area contributed by atoms with E-state index in [0.29, 0.717) is 46.4 Å². The number of hydrogen-bond donors (Lipinski definition) is 1. The summed E-state index contributed by atoms with van der Waals surface area (Å²) in [5.41, 5.74) is 2.69. The number of phenols is 1. The molecule has 3 aromatic rings. The average molecular weight is 424 g/mol. The second-order valence-corrected chi connectivity index (χ2v) is 8.21. The summed E-state index contributed by atoms with van der Waals surface area (Å²) in [7, 11) is 3.14. The number of likely N-dealkylation sites (tertiary alicyclic amines) is 1. The van der Waals surface area contributed by atoms with Crippen molar-refractivity contribution < 1.29 is 19.0 Å². The number of hydrogen-bond acceptors (Lipinski definition) is 6. The summed E-state index contributed by atoms with van der Waals surface area (Å²) in [6.07, 6.45) is 3.50. The average Bonchev–Trinajstić information content (AvgIpc) is 2.77. The second kappa shape index (κ2) is 8.63. The van der Waals surface area contributed by atoms with Gasteiger partial charge in [-0.3, -0.25) is 4.90 Å². The zero-order valence-electron chi connectivity index (χ0n) is 18.5. The van der Waals surface area contributed by atoms with Crippen LogP contribution in [0.5, 0.6) is 17.2 Å². The van der Waals surface area contributed by atoms with E-state index < -0.39 is 5.63 Å². The predicted octanol–water partition coefficient (Wildman–Crippen LogP) is 4.87. The van der Waals surface area contributed by atoms with E-state index in [1.54, 1.807) is 32.4 Å². The van der Waals surface area contributed by atoms with Crippen molar-refractivity contribution in [3.63, 3.8) is 0 Å². The molecule has 1 aliphatic rings. The maximum atomic E-state index is 13.1. The second-order valence-electron chi connectivity index (χ2n) is 8.21. The molecule has 0 spiro atoms. The Hall–Kier alpha value is -2.99. The first kappa shape index (κ1) is 21.2. The molecule has 1 N–H and O–H groups in total. The van der Waals surface area contributed by atoms with Crippen molar-refractivity contribution in [1.82, 2.24) is 4.90 Å². The molecule has 1 fully saturated rings. The van der Waals surface area contributed by atoms with Gasteiger partial charge in [0.15, 0.2) is 11.5 Å². The zero-order chi connectivity index (χ0) is 22.1. The van der Waals surface area contributed by atoms with Gasteiger partial charge in [-0.05, 0) is 68.6 Å². The Labute approximate surface area is 182 Å². The molecular formula is C25H29NO5. The monoisotopic (exact) mass is 423 g/mol. The summed E-state index contributed by atoms with van der Waals surface area (Å²) < 4.78 is 16.5. The van der Waals surface area contributed by atoms with Crippen LogP contribution >= 0.6 is 0 Å². The van der Waals surface area contributed by atoms with Crippen LogP contribution in [0.2, 0.25) is 0 Å². The molecule has 0 saturated carbocycles. The normalized spacial score (nSPS) is 17.1. The number of phenolic OH excluding ortho intramolecular Hbond substituents is 1. The van der Waals surface area contributed by atoms with Crippen LogP contribution in [-0.4, -0.2) is 36.8 Å². The van der Waals surface area contributed by atoms with Crippen molar-refractivity contribution in [1.29, 1.82) is 0 Å². The van der Waals surface area contributed by atoms with Gasteiger partial charge < -0.3 is 19.0 Å². The number of piperidine rings is 1. The standard InChI is InChI=1S/C25H29NO5/c1-15-7-5-6-12-26(15)14-19-20(27)10-9-18-16(2)23(25(28)31-24(18)19)17-8-11-21(29-3)22(13-17)30-4/h8-11,13,15,27H,5-7,12,14H2,1-4H3/t15-/m1/s1. The minimum atomic E-state index is -0.434. The van der Waals surface area contributed by atoms with Crippen LogP contribution in [0.1, 0.15) is 37.3 Å². The highest BCUT2D eigenvalue weighted by molar-refractivity contribution is 5.90. The number of aromatic hydroxyl groups is 1. The topological polar surface area (TPSA) is 72.1 Å². The molecular weight excluding hydrogens is 394 g/mol. The Bertz CT molecular complexity index is 1170. The molecule has 31 heavy (non-hydrogen) atoms. The Kier molecular flexibility index (Phi) is 5.92. The fraction of sp³-hybridized carbons (Fsp3) is 0.400. The number of rotatable bonds is 5. The van der Waals surface area contributed by atoms with E-state index in [0.717, 1.165) is 30.3 Å². The van der Waals surface area contributed by atoms with Gasteiger partial charge in [-0.2, -0.15) is 0 Å². The molecule has 1 aromatic heterocycles. The molecule has 1 atom stereocenters. The van der Waals surface area contributed by atoms with Gasteiger partial charge in [0.1, 0.15) is 11.3 Å².